The summed E-state index contributed by atoms with van der Waals surface area (Å²) in [6, 6.07) is 0. The van der Waals surface area contributed by atoms with Crippen molar-refractivity contribution < 1.29 is 29.6 Å². The van der Waals surface area contributed by atoms with Crippen LogP contribution in [0, 0.1) is 0 Å². The van der Waals surface area contributed by atoms with Crippen molar-refractivity contribution in [1.29, 1.82) is 0 Å². The molecule has 0 unspecified atom stereocenters. The maximum Gasteiger partial charge on any atom is 2.00 e. The van der Waals surface area contributed by atoms with Gasteiger partial charge in [0.2, 0.25) is 0 Å². The molecule has 0 saturated carbocycles. The second kappa shape index (κ2) is 9.80. The van der Waals surface area contributed by atoms with Gasteiger partial charge in [0.05, 0.1) is 7.11 Å². The fourth-order valence-electron chi connectivity index (χ4n) is 0.664. The molecular weight excluding hydrogens is 227 g/mol. The Balaban J connectivity index is -0.000000270. The van der Waals surface area contributed by atoms with Gasteiger partial charge in [-0.1, -0.05) is 12.2 Å². The van der Waals surface area contributed by atoms with E-state index in [-0.39, 0.29) is 47.9 Å². The van der Waals surface area contributed by atoms with Crippen LogP contribution in [0.5, 0.6) is 0 Å². The number of allylic oxidation sites excluding steroid dienone is 3. The Labute approximate surface area is 107 Å². The number of rotatable bonds is 1. The summed E-state index contributed by atoms with van der Waals surface area (Å²) in [4.78, 5) is 0.968. The third kappa shape index (κ3) is 6.26. The largest absolute Gasteiger partial charge is 2.00 e. The molecule has 0 heterocycles. The first-order valence-electron chi connectivity index (χ1n) is 2.78. The van der Waals surface area contributed by atoms with E-state index in [1.807, 2.05) is 18.2 Å². The van der Waals surface area contributed by atoms with Crippen LogP contribution in [0.2, 0.25) is 0 Å². The third-order valence-corrected chi connectivity index (χ3v) is 1.48. The van der Waals surface area contributed by atoms with Crippen molar-refractivity contribution >= 4 is 40.1 Å². The molecule has 12 heavy (non-hydrogen) atoms. The molecule has 1 aliphatic rings. The second-order valence-electron chi connectivity index (χ2n) is 1.81. The van der Waals surface area contributed by atoms with Gasteiger partial charge in [-0.25, -0.2) is 0 Å². The maximum absolute atomic E-state index is 4.95. The molecule has 1 aliphatic carbocycles. The first kappa shape index (κ1) is 18.5. The van der Waals surface area contributed by atoms with E-state index in [2.05, 4.69) is 0 Å². The predicted molar refractivity (Wildman–Crippen MR) is 47.2 cm³/mol. The van der Waals surface area contributed by atoms with Crippen LogP contribution in [-0.4, -0.2) is 35.0 Å². The van der Waals surface area contributed by atoms with Crippen LogP contribution in [0.3, 0.4) is 0 Å². The minimum absolute atomic E-state index is 0. The fraction of sp³-hybridized carbons (Fsp3) is 0.286. The van der Waals surface area contributed by atoms with Crippen molar-refractivity contribution in [2.24, 2.45) is 0 Å². The quantitative estimate of drug-likeness (QED) is 0.335. The molecule has 0 aliphatic heterocycles. The number of hydrogen-bond donors (Lipinski definition) is 0. The van der Waals surface area contributed by atoms with Gasteiger partial charge in [0.15, 0.2) is 0 Å². The second-order valence-corrected chi connectivity index (χ2v) is 2.34. The van der Waals surface area contributed by atoms with Crippen molar-refractivity contribution in [3.05, 3.63) is 24.0 Å². The normalized spacial score (nSPS) is 13.1. The molecule has 0 radical (unpaired) electrons. The summed E-state index contributed by atoms with van der Waals surface area (Å²) in [6.45, 7) is 0. The number of hydrogen-bond acceptors (Lipinski definition) is 2. The zero-order chi connectivity index (χ0) is 6.69. The molecule has 1 nitrogen and oxygen atoms in total. The summed E-state index contributed by atoms with van der Waals surface area (Å²) in [5, 5.41) is 0. The van der Waals surface area contributed by atoms with Gasteiger partial charge in [-0.2, -0.15) is 0 Å². The van der Waals surface area contributed by atoms with Crippen LogP contribution in [0.15, 0.2) is 24.0 Å². The topological polar surface area (TPSA) is 9.23 Å². The van der Waals surface area contributed by atoms with E-state index >= 15 is 0 Å². The minimum Gasteiger partial charge on any atom is -1.00 e. The van der Waals surface area contributed by atoms with Gasteiger partial charge in [0, 0.05) is 11.3 Å². The van der Waals surface area contributed by atoms with E-state index in [1.165, 1.54) is 0 Å². The molecule has 0 aromatic heterocycles. The predicted octanol–water partition coefficient (Wildman–Crippen LogP) is -4.53. The number of thiocarbonyl (C=S) groups is 1. The molecule has 0 N–H and O–H groups in total. The molecule has 0 spiro atoms. The summed E-state index contributed by atoms with van der Waals surface area (Å²) in [5.41, 5.74) is 0. The number of methoxy groups -OCH3 is 1. The summed E-state index contributed by atoms with van der Waals surface area (Å²) in [7, 11) is 1.66. The monoisotopic (exact) mass is 234 g/mol. The van der Waals surface area contributed by atoms with Crippen molar-refractivity contribution in [2.75, 3.05) is 7.11 Å². The van der Waals surface area contributed by atoms with Gasteiger partial charge in [-0.3, -0.25) is 0 Å². The molecule has 0 bridgehead atoms. The Hall–Kier alpha value is 0.716. The molecule has 0 atom stereocenters. The number of halogens is 2. The molecule has 0 fully saturated rings. The van der Waals surface area contributed by atoms with Crippen LogP contribution in [0.25, 0.3) is 0 Å². The summed E-state index contributed by atoms with van der Waals surface area (Å²) in [5.74, 6) is 0.906. The average Bonchev–Trinajstić information content (AvgIpc) is 1.90. The summed E-state index contributed by atoms with van der Waals surface area (Å²) in [6.07, 6.45) is 6.59. The molecule has 0 aromatic rings. The van der Waals surface area contributed by atoms with Gasteiger partial charge in [0.25, 0.3) is 0 Å². The van der Waals surface area contributed by atoms with Crippen molar-refractivity contribution in [2.45, 2.75) is 6.42 Å². The Morgan fingerprint density at radius 1 is 1.33 bits per heavy atom. The van der Waals surface area contributed by atoms with Crippen LogP contribution < -0.4 is 24.8 Å². The molecule has 64 valence electrons. The molecular formula is C7H8Cl2MgOS. The molecule has 0 aromatic carbocycles. The zero-order valence-electron chi connectivity index (χ0n) is 6.72. The van der Waals surface area contributed by atoms with Crippen molar-refractivity contribution in [3.63, 3.8) is 0 Å². The SMILES string of the molecule is COC1=CCC(=S)C=C1.[Cl-].[Cl-].[Mg+2]. The van der Waals surface area contributed by atoms with Crippen LogP contribution in [-0.2, 0) is 4.74 Å². The minimum atomic E-state index is 0. The molecule has 5 heteroatoms. The molecule has 1 rings (SSSR count). The van der Waals surface area contributed by atoms with Crippen molar-refractivity contribution in [1.82, 2.24) is 0 Å². The van der Waals surface area contributed by atoms with Gasteiger partial charge in [-0.15, -0.1) is 0 Å². The van der Waals surface area contributed by atoms with Gasteiger partial charge < -0.3 is 29.6 Å². The Kier molecular flexibility index (Phi) is 15.1. The van der Waals surface area contributed by atoms with Gasteiger partial charge >= 0.3 is 23.1 Å². The van der Waals surface area contributed by atoms with Crippen LogP contribution in [0.4, 0.5) is 0 Å². The Morgan fingerprint density at radius 3 is 2.25 bits per heavy atom. The van der Waals surface area contributed by atoms with E-state index in [9.17, 15) is 0 Å². The fourth-order valence-corrected chi connectivity index (χ4v) is 0.815. The standard InChI is InChI=1S/C7H8OS.2ClH.Mg/c1-8-6-2-4-7(9)5-3-6;;;/h2-4H,5H2,1H3;2*1H;/q;;;+2/p-2. The third-order valence-electron chi connectivity index (χ3n) is 1.17. The first-order valence-corrected chi connectivity index (χ1v) is 3.19. The van der Waals surface area contributed by atoms with E-state index in [0.717, 1.165) is 17.0 Å². The number of ether oxygens (including phenoxy) is 1. The molecule has 0 saturated heterocycles. The summed E-state index contributed by atoms with van der Waals surface area (Å²) >= 11 is 4.92. The Morgan fingerprint density at radius 2 is 1.92 bits per heavy atom. The van der Waals surface area contributed by atoms with Gasteiger partial charge in [-0.05, 0) is 18.2 Å². The first-order chi connectivity index (χ1) is 4.33. The van der Waals surface area contributed by atoms with E-state index in [1.54, 1.807) is 7.11 Å². The maximum atomic E-state index is 4.95. The smallest absolute Gasteiger partial charge is 1.00 e. The van der Waals surface area contributed by atoms with E-state index in [0.29, 0.717) is 0 Å². The van der Waals surface area contributed by atoms with Crippen molar-refractivity contribution in [3.8, 4) is 0 Å². The van der Waals surface area contributed by atoms with E-state index < -0.39 is 0 Å². The van der Waals surface area contributed by atoms with Gasteiger partial charge in [0.1, 0.15) is 5.76 Å². The average molecular weight is 235 g/mol. The van der Waals surface area contributed by atoms with E-state index in [4.69, 9.17) is 17.0 Å². The summed E-state index contributed by atoms with van der Waals surface area (Å²) < 4.78 is 4.95. The zero-order valence-corrected chi connectivity index (χ0v) is 10.5. The van der Waals surface area contributed by atoms with Crippen LogP contribution in [0.1, 0.15) is 6.42 Å². The molecule has 0 amide bonds. The van der Waals surface area contributed by atoms with Crippen LogP contribution >= 0.6 is 12.2 Å². The Bertz CT molecular complexity index is 192.